The minimum atomic E-state index is -1.45. The maximum absolute atomic E-state index is 14.4. The zero-order valence-electron chi connectivity index (χ0n) is 30.2. The largest absolute Gasteiger partial charge is 0.479 e. The van der Waals surface area contributed by atoms with E-state index in [1.807, 2.05) is 55.6 Å². The third-order valence-electron chi connectivity index (χ3n) is 9.28. The molecule has 5 heterocycles. The van der Waals surface area contributed by atoms with Gasteiger partial charge in [0, 0.05) is 18.4 Å². The number of amides is 3. The Hall–Kier alpha value is -4.79. The molecule has 3 aromatic heterocycles. The van der Waals surface area contributed by atoms with Gasteiger partial charge in [0.05, 0.1) is 12.1 Å². The third-order valence-corrected chi connectivity index (χ3v) is 10.2. The average molecular weight is 734 g/mol. The summed E-state index contributed by atoms with van der Waals surface area (Å²) in [4.78, 5) is 69.5. The van der Waals surface area contributed by atoms with Crippen molar-refractivity contribution in [1.82, 2.24) is 30.5 Å². The number of allylic oxidation sites excluding steroid dienone is 1. The van der Waals surface area contributed by atoms with Crippen molar-refractivity contribution in [2.75, 3.05) is 11.9 Å². The fourth-order valence-electron chi connectivity index (χ4n) is 6.72. The van der Waals surface area contributed by atoms with Crippen molar-refractivity contribution in [2.45, 2.75) is 115 Å². The number of carbonyl (C=O) groups is 4. The number of aromatic nitrogens is 3. The standard InChI is InChI=1S/C37H47N7O7S/c1-21(2)38-28-15-11-14-25(39-28)30-40-24-16-17-52-29(24)32(42-30)50-23-18-27-31(45)43-37(34(47)48)19-22(37)12-9-7-6-8-10-13-26(33(46)44(27)20-23)41-35(49)51-36(3,4)5/h9,11-12,14-17,21-23,26-27H,6-8,10,13,18-20H2,1-5H3,(H,38,39)(H,41,49)(H,43,45)(H,47,48)/b12-9-/t22-,23+,26-,27-,37+/m0/s1. The molecule has 14 nitrogen and oxygen atoms in total. The Morgan fingerprint density at radius 1 is 1.12 bits per heavy atom. The number of alkyl carbamates (subject to hydrolysis) is 1. The lowest BCUT2D eigenvalue weighted by Gasteiger charge is -2.30. The van der Waals surface area contributed by atoms with Crippen LogP contribution in [0.15, 0.2) is 41.8 Å². The van der Waals surface area contributed by atoms with Crippen LogP contribution in [0, 0.1) is 5.92 Å². The first kappa shape index (κ1) is 37.0. The van der Waals surface area contributed by atoms with E-state index in [-0.39, 0.29) is 37.2 Å². The number of anilines is 1. The number of thiophene rings is 1. The van der Waals surface area contributed by atoms with Crippen molar-refractivity contribution >= 4 is 51.2 Å². The molecule has 2 aliphatic heterocycles. The van der Waals surface area contributed by atoms with E-state index in [1.165, 1.54) is 16.2 Å². The number of pyridine rings is 1. The highest BCUT2D eigenvalue weighted by atomic mass is 32.1. The molecule has 5 atom stereocenters. The first-order chi connectivity index (χ1) is 24.7. The van der Waals surface area contributed by atoms with Gasteiger partial charge in [-0.3, -0.25) is 9.59 Å². The molecule has 1 aliphatic carbocycles. The Labute approximate surface area is 306 Å². The van der Waals surface area contributed by atoms with Crippen molar-refractivity contribution in [1.29, 1.82) is 0 Å². The van der Waals surface area contributed by atoms with E-state index in [2.05, 4.69) is 16.0 Å². The second kappa shape index (κ2) is 15.1. The van der Waals surface area contributed by atoms with Gasteiger partial charge >= 0.3 is 12.1 Å². The van der Waals surface area contributed by atoms with Crippen LogP contribution in [0.1, 0.15) is 79.6 Å². The first-order valence-corrected chi connectivity index (χ1v) is 18.8. The Morgan fingerprint density at radius 3 is 2.67 bits per heavy atom. The van der Waals surface area contributed by atoms with Crippen LogP contribution in [0.4, 0.5) is 10.6 Å². The van der Waals surface area contributed by atoms with E-state index < -0.39 is 53.2 Å². The number of nitrogens with zero attached hydrogens (tertiary/aromatic N) is 4. The van der Waals surface area contributed by atoms with Crippen LogP contribution in [0.25, 0.3) is 21.7 Å². The molecule has 0 aromatic carbocycles. The molecule has 0 spiro atoms. The molecular formula is C37H47N7O7S. The summed E-state index contributed by atoms with van der Waals surface area (Å²) in [7, 11) is 0. The summed E-state index contributed by atoms with van der Waals surface area (Å²) in [5.41, 5.74) is -1.04. The topological polar surface area (TPSA) is 185 Å². The van der Waals surface area contributed by atoms with Crippen molar-refractivity contribution in [3.05, 3.63) is 41.8 Å². The summed E-state index contributed by atoms with van der Waals surface area (Å²) in [6.45, 7) is 9.26. The Bertz CT molecular complexity index is 1860. The molecule has 1 saturated carbocycles. The lowest BCUT2D eigenvalue weighted by Crippen LogP contribution is -2.56. The fraction of sp³-hybridized carbons (Fsp3) is 0.541. The summed E-state index contributed by atoms with van der Waals surface area (Å²) in [5, 5.41) is 20.9. The van der Waals surface area contributed by atoms with Crippen LogP contribution in [0.3, 0.4) is 0 Å². The van der Waals surface area contributed by atoms with Crippen molar-refractivity contribution < 1.29 is 33.8 Å². The molecule has 3 amide bonds. The summed E-state index contributed by atoms with van der Waals surface area (Å²) in [6.07, 6.45) is 6.09. The maximum atomic E-state index is 14.4. The van der Waals surface area contributed by atoms with Gasteiger partial charge in [0.2, 0.25) is 17.7 Å². The van der Waals surface area contributed by atoms with Gasteiger partial charge in [0.1, 0.15) is 45.5 Å². The second-order valence-corrected chi connectivity index (χ2v) is 15.9. The van der Waals surface area contributed by atoms with Gasteiger partial charge in [-0.1, -0.05) is 31.1 Å². The van der Waals surface area contributed by atoms with E-state index in [0.29, 0.717) is 40.4 Å². The zero-order chi connectivity index (χ0) is 37.2. The number of aliphatic carboxylic acids is 1. The summed E-state index contributed by atoms with van der Waals surface area (Å²) in [5.74, 6) is -1.21. The number of carboxylic acid groups (broad SMARTS) is 1. The highest BCUT2D eigenvalue weighted by Gasteiger charge is 2.61. The van der Waals surface area contributed by atoms with Crippen LogP contribution in [-0.2, 0) is 19.1 Å². The lowest BCUT2D eigenvalue weighted by molar-refractivity contribution is -0.145. The molecule has 4 N–H and O–H groups in total. The molecule has 0 unspecified atom stereocenters. The molecule has 0 bridgehead atoms. The Morgan fingerprint density at radius 2 is 1.92 bits per heavy atom. The molecule has 6 rings (SSSR count). The highest BCUT2D eigenvalue weighted by molar-refractivity contribution is 7.17. The molecule has 15 heteroatoms. The van der Waals surface area contributed by atoms with Crippen LogP contribution in [0.5, 0.6) is 5.88 Å². The maximum Gasteiger partial charge on any atom is 0.408 e. The number of ether oxygens (including phenoxy) is 2. The average Bonchev–Trinajstić information content (AvgIpc) is 3.36. The number of hydrogen-bond donors (Lipinski definition) is 4. The van der Waals surface area contributed by atoms with Crippen LogP contribution >= 0.6 is 11.3 Å². The molecular weight excluding hydrogens is 687 g/mol. The molecule has 1 saturated heterocycles. The number of nitrogens with one attached hydrogen (secondary N) is 3. The molecule has 278 valence electrons. The summed E-state index contributed by atoms with van der Waals surface area (Å²) < 4.78 is 12.7. The number of carboxylic acids is 1. The predicted molar refractivity (Wildman–Crippen MR) is 196 cm³/mol. The predicted octanol–water partition coefficient (Wildman–Crippen LogP) is 5.30. The van der Waals surface area contributed by atoms with Crippen molar-refractivity contribution in [3.63, 3.8) is 0 Å². The van der Waals surface area contributed by atoms with Crippen LogP contribution in [0.2, 0.25) is 0 Å². The lowest BCUT2D eigenvalue weighted by atomic mass is 10.0. The summed E-state index contributed by atoms with van der Waals surface area (Å²) in [6, 6.07) is 5.55. The fourth-order valence-corrected chi connectivity index (χ4v) is 7.48. The van der Waals surface area contributed by atoms with E-state index in [9.17, 15) is 24.3 Å². The quantitative estimate of drug-likeness (QED) is 0.231. The van der Waals surface area contributed by atoms with Gasteiger partial charge in [-0.15, -0.1) is 11.3 Å². The van der Waals surface area contributed by atoms with Gasteiger partial charge in [-0.05, 0) is 83.9 Å². The minimum Gasteiger partial charge on any atom is -0.479 e. The molecule has 3 aromatic rings. The SMILES string of the molecule is CC(C)Nc1cccc(-c2nc(O[C@@H]3C[C@H]4C(=O)N[C@]5(C(=O)O)C[C@@H]5/C=C\CCCCC[C@H](NC(=O)OC(C)(C)C)C(=O)N4C3)c3sccc3n2)n1. The normalized spacial score (nSPS) is 26.0. The smallest absolute Gasteiger partial charge is 0.408 e. The monoisotopic (exact) mass is 733 g/mol. The van der Waals surface area contributed by atoms with Gasteiger partial charge in [-0.25, -0.2) is 19.6 Å². The zero-order valence-corrected chi connectivity index (χ0v) is 31.0. The first-order valence-electron chi connectivity index (χ1n) is 17.9. The molecule has 2 fully saturated rings. The van der Waals surface area contributed by atoms with Gasteiger partial charge in [0.25, 0.3) is 0 Å². The van der Waals surface area contributed by atoms with Gasteiger partial charge in [0.15, 0.2) is 5.82 Å². The van der Waals surface area contributed by atoms with Crippen molar-refractivity contribution in [3.8, 4) is 17.4 Å². The number of carbonyl (C=O) groups excluding carboxylic acids is 3. The Kier molecular flexibility index (Phi) is 10.7. The number of hydrogen-bond acceptors (Lipinski definition) is 11. The Balaban J connectivity index is 1.31. The number of rotatable bonds is 7. The number of fused-ring (bicyclic) bond motifs is 3. The van der Waals surface area contributed by atoms with E-state index in [1.54, 1.807) is 20.8 Å². The van der Waals surface area contributed by atoms with Gasteiger partial charge in [-0.2, -0.15) is 4.98 Å². The molecule has 0 radical (unpaired) electrons. The van der Waals surface area contributed by atoms with Crippen LogP contribution in [-0.4, -0.2) is 90.7 Å². The highest BCUT2D eigenvalue weighted by Crippen LogP contribution is 2.45. The minimum absolute atomic E-state index is 0.00503. The van der Waals surface area contributed by atoms with E-state index >= 15 is 0 Å². The van der Waals surface area contributed by atoms with E-state index in [4.69, 9.17) is 24.4 Å². The van der Waals surface area contributed by atoms with Crippen LogP contribution < -0.4 is 20.7 Å². The molecule has 3 aliphatic rings. The van der Waals surface area contributed by atoms with E-state index in [0.717, 1.165) is 19.3 Å². The second-order valence-electron chi connectivity index (χ2n) is 15.0. The summed E-state index contributed by atoms with van der Waals surface area (Å²) >= 11 is 1.41. The van der Waals surface area contributed by atoms with Crippen molar-refractivity contribution in [2.24, 2.45) is 5.92 Å². The molecule has 52 heavy (non-hydrogen) atoms. The van der Waals surface area contributed by atoms with Gasteiger partial charge < -0.3 is 35.4 Å². The third kappa shape index (κ3) is 8.46.